The van der Waals surface area contributed by atoms with Gasteiger partial charge in [-0.2, -0.15) is 0 Å². The normalized spacial score (nSPS) is 11.2. The van der Waals surface area contributed by atoms with E-state index in [1.54, 1.807) is 4.57 Å². The van der Waals surface area contributed by atoms with Gasteiger partial charge in [-0.05, 0) is 31.2 Å². The van der Waals surface area contributed by atoms with Gasteiger partial charge in [0, 0.05) is 24.1 Å². The Kier molecular flexibility index (Phi) is 3.59. The van der Waals surface area contributed by atoms with Crippen LogP contribution in [0.2, 0.25) is 0 Å². The molecule has 0 aliphatic carbocycles. The number of nitrogens with zero attached hydrogens (tertiary/aromatic N) is 3. The Balaban J connectivity index is 2.32. The van der Waals surface area contributed by atoms with Crippen molar-refractivity contribution in [2.24, 2.45) is 0 Å². The highest BCUT2D eigenvalue weighted by atomic mass is 35.5. The number of fused-ring (bicyclic) bond motifs is 1. The van der Waals surface area contributed by atoms with Gasteiger partial charge in [-0.15, -0.1) is 11.6 Å². The summed E-state index contributed by atoms with van der Waals surface area (Å²) >= 11 is 5.79. The molecule has 0 radical (unpaired) electrons. The minimum atomic E-state index is -0.659. The van der Waals surface area contributed by atoms with Crippen LogP contribution in [0.25, 0.3) is 16.9 Å². The second kappa shape index (κ2) is 5.41. The number of rotatable bonds is 3. The van der Waals surface area contributed by atoms with Crippen LogP contribution >= 0.6 is 11.6 Å². The second-order valence-electron chi connectivity index (χ2n) is 4.69. The lowest BCUT2D eigenvalue weighted by Gasteiger charge is -2.09. The highest BCUT2D eigenvalue weighted by Gasteiger charge is 2.16. The van der Waals surface area contributed by atoms with Crippen molar-refractivity contribution in [1.82, 2.24) is 14.5 Å². The van der Waals surface area contributed by atoms with Crippen LogP contribution in [0.1, 0.15) is 11.5 Å². The molecule has 0 fully saturated rings. The summed E-state index contributed by atoms with van der Waals surface area (Å²) in [5.74, 6) is -0.328. The van der Waals surface area contributed by atoms with E-state index in [9.17, 15) is 8.78 Å². The topological polar surface area (TPSA) is 30.7 Å². The summed E-state index contributed by atoms with van der Waals surface area (Å²) < 4.78 is 28.8. The van der Waals surface area contributed by atoms with E-state index in [4.69, 9.17) is 11.6 Å². The fourth-order valence-electron chi connectivity index (χ4n) is 2.27. The fourth-order valence-corrected chi connectivity index (χ4v) is 2.44. The Labute approximate surface area is 125 Å². The summed E-state index contributed by atoms with van der Waals surface area (Å²) in [7, 11) is 0. The molecular weight excluding hydrogens is 296 g/mol. The third-order valence-electron chi connectivity index (χ3n) is 3.18. The number of alkyl halides is 1. The van der Waals surface area contributed by atoms with Gasteiger partial charge in [0.15, 0.2) is 5.65 Å². The Morgan fingerprint density at radius 1 is 1.14 bits per heavy atom. The third kappa shape index (κ3) is 2.49. The zero-order valence-electron chi connectivity index (χ0n) is 11.3. The van der Waals surface area contributed by atoms with Gasteiger partial charge in [-0.25, -0.2) is 18.7 Å². The lowest BCUT2D eigenvalue weighted by atomic mass is 10.2. The molecule has 0 atom stereocenters. The molecule has 0 saturated heterocycles. The van der Waals surface area contributed by atoms with Crippen LogP contribution in [-0.2, 0) is 6.42 Å². The number of benzene rings is 1. The summed E-state index contributed by atoms with van der Waals surface area (Å²) in [5.41, 5.74) is 2.21. The average Bonchev–Trinajstić information content (AvgIpc) is 2.77. The van der Waals surface area contributed by atoms with Gasteiger partial charge in [-0.1, -0.05) is 0 Å². The standard InChI is InChI=1S/C15H12ClF2N3/c1-9-2-4-12-15(19-9)21(14(20-12)6-7-16)13-5-3-10(17)8-11(13)18/h2-5,8H,6-7H2,1H3. The number of hydrogen-bond acceptors (Lipinski definition) is 2. The number of aromatic nitrogens is 3. The maximum Gasteiger partial charge on any atom is 0.165 e. The van der Waals surface area contributed by atoms with Crippen molar-refractivity contribution in [3.63, 3.8) is 0 Å². The molecule has 3 aromatic rings. The first-order valence-electron chi connectivity index (χ1n) is 6.46. The van der Waals surface area contributed by atoms with Crippen molar-refractivity contribution in [2.75, 3.05) is 5.88 Å². The molecular formula is C15H12ClF2N3. The number of halogens is 3. The van der Waals surface area contributed by atoms with Gasteiger partial charge in [0.25, 0.3) is 0 Å². The van der Waals surface area contributed by atoms with E-state index in [0.717, 1.165) is 11.8 Å². The molecule has 0 bridgehead atoms. The predicted octanol–water partition coefficient (Wildman–Crippen LogP) is 3.79. The van der Waals surface area contributed by atoms with Gasteiger partial charge >= 0.3 is 0 Å². The maximum absolute atomic E-state index is 14.1. The van der Waals surface area contributed by atoms with Gasteiger partial charge in [0.1, 0.15) is 23.0 Å². The van der Waals surface area contributed by atoms with Crippen molar-refractivity contribution in [3.05, 3.63) is 53.5 Å². The van der Waals surface area contributed by atoms with Gasteiger partial charge < -0.3 is 0 Å². The Hall–Kier alpha value is -2.01. The highest BCUT2D eigenvalue weighted by Crippen LogP contribution is 2.23. The molecule has 6 heteroatoms. The van der Waals surface area contributed by atoms with E-state index in [1.807, 2.05) is 19.1 Å². The first-order valence-corrected chi connectivity index (χ1v) is 7.00. The lowest BCUT2D eigenvalue weighted by Crippen LogP contribution is -2.05. The zero-order valence-corrected chi connectivity index (χ0v) is 12.0. The molecule has 108 valence electrons. The summed E-state index contributed by atoms with van der Waals surface area (Å²) in [6.07, 6.45) is 0.466. The van der Waals surface area contributed by atoms with E-state index in [-0.39, 0.29) is 5.69 Å². The second-order valence-corrected chi connectivity index (χ2v) is 5.07. The van der Waals surface area contributed by atoms with E-state index >= 15 is 0 Å². The summed E-state index contributed by atoms with van der Waals surface area (Å²) in [6.45, 7) is 1.85. The lowest BCUT2D eigenvalue weighted by molar-refractivity contribution is 0.577. The summed E-state index contributed by atoms with van der Waals surface area (Å²) in [4.78, 5) is 8.85. The Bertz CT molecular complexity index is 814. The Morgan fingerprint density at radius 3 is 2.67 bits per heavy atom. The molecule has 21 heavy (non-hydrogen) atoms. The first-order chi connectivity index (χ1) is 10.1. The molecule has 2 heterocycles. The minimum absolute atomic E-state index is 0.220. The SMILES string of the molecule is Cc1ccc2nc(CCCl)n(-c3ccc(F)cc3F)c2n1. The zero-order chi connectivity index (χ0) is 15.0. The fraction of sp³-hybridized carbons (Fsp3) is 0.200. The van der Waals surface area contributed by atoms with Crippen molar-refractivity contribution < 1.29 is 8.78 Å². The highest BCUT2D eigenvalue weighted by molar-refractivity contribution is 6.17. The molecule has 3 nitrogen and oxygen atoms in total. The third-order valence-corrected chi connectivity index (χ3v) is 3.37. The van der Waals surface area contributed by atoms with Crippen molar-refractivity contribution >= 4 is 22.8 Å². The number of hydrogen-bond donors (Lipinski definition) is 0. The maximum atomic E-state index is 14.1. The van der Waals surface area contributed by atoms with Gasteiger partial charge in [0.05, 0.1) is 5.69 Å². The van der Waals surface area contributed by atoms with E-state index < -0.39 is 11.6 Å². The van der Waals surface area contributed by atoms with E-state index in [2.05, 4.69) is 9.97 Å². The molecule has 0 spiro atoms. The van der Waals surface area contributed by atoms with Crippen LogP contribution in [0.4, 0.5) is 8.78 Å². The van der Waals surface area contributed by atoms with Crippen molar-refractivity contribution in [1.29, 1.82) is 0 Å². The monoisotopic (exact) mass is 307 g/mol. The van der Waals surface area contributed by atoms with Crippen molar-refractivity contribution in [2.45, 2.75) is 13.3 Å². The van der Waals surface area contributed by atoms with Crippen LogP contribution in [0.3, 0.4) is 0 Å². The molecule has 2 aromatic heterocycles. The van der Waals surface area contributed by atoms with E-state index in [0.29, 0.717) is 29.3 Å². The van der Waals surface area contributed by atoms with Crippen LogP contribution in [0, 0.1) is 18.6 Å². The van der Waals surface area contributed by atoms with Gasteiger partial charge in [0.2, 0.25) is 0 Å². The first kappa shape index (κ1) is 13.9. The minimum Gasteiger partial charge on any atom is -0.278 e. The molecule has 0 aliphatic heterocycles. The average molecular weight is 308 g/mol. The molecule has 0 N–H and O–H groups in total. The number of aryl methyl sites for hydroxylation is 2. The molecule has 1 aromatic carbocycles. The molecule has 0 unspecified atom stereocenters. The quantitative estimate of drug-likeness (QED) is 0.689. The largest absolute Gasteiger partial charge is 0.278 e. The molecule has 0 aliphatic rings. The number of pyridine rings is 1. The molecule has 0 amide bonds. The smallest absolute Gasteiger partial charge is 0.165 e. The van der Waals surface area contributed by atoms with Crippen LogP contribution < -0.4 is 0 Å². The summed E-state index contributed by atoms with van der Waals surface area (Å²) in [5, 5.41) is 0. The Morgan fingerprint density at radius 2 is 1.95 bits per heavy atom. The van der Waals surface area contributed by atoms with Gasteiger partial charge in [-0.3, -0.25) is 4.57 Å². The number of imidazole rings is 1. The summed E-state index contributed by atoms with van der Waals surface area (Å²) in [6, 6.07) is 7.11. The van der Waals surface area contributed by atoms with Crippen molar-refractivity contribution in [3.8, 4) is 5.69 Å². The molecule has 0 saturated carbocycles. The van der Waals surface area contributed by atoms with E-state index in [1.165, 1.54) is 12.1 Å². The van der Waals surface area contributed by atoms with Crippen LogP contribution in [0.5, 0.6) is 0 Å². The predicted molar refractivity (Wildman–Crippen MR) is 77.9 cm³/mol. The molecule has 3 rings (SSSR count). The van der Waals surface area contributed by atoms with Crippen LogP contribution in [0.15, 0.2) is 30.3 Å². The van der Waals surface area contributed by atoms with Crippen LogP contribution in [-0.4, -0.2) is 20.4 Å².